The Labute approximate surface area is 131 Å². The molecule has 100 valence electrons. The zero-order valence-corrected chi connectivity index (χ0v) is 12.9. The molecule has 0 fully saturated rings. The Morgan fingerprint density at radius 1 is 1.35 bits per heavy atom. The van der Waals surface area contributed by atoms with E-state index in [2.05, 4.69) is 52.9 Å². The van der Waals surface area contributed by atoms with Crippen molar-refractivity contribution in [3.63, 3.8) is 0 Å². The zero-order chi connectivity index (χ0) is 14.1. The number of ether oxygens (including phenoxy) is 1. The number of halogens is 1. The molecular formula is C16H13IN2O. The maximum atomic E-state index is 8.90. The Balaban J connectivity index is 1.73. The van der Waals surface area contributed by atoms with E-state index in [1.54, 1.807) is 12.1 Å². The number of nitrogens with zero attached hydrogens (tertiary/aromatic N) is 1. The summed E-state index contributed by atoms with van der Waals surface area (Å²) in [6, 6.07) is 14.0. The van der Waals surface area contributed by atoms with Crippen molar-refractivity contribution in [2.45, 2.75) is 12.3 Å². The van der Waals surface area contributed by atoms with Crippen LogP contribution in [0.1, 0.15) is 22.6 Å². The molecule has 0 amide bonds. The molecule has 0 saturated carbocycles. The third-order valence-corrected chi connectivity index (χ3v) is 4.39. The van der Waals surface area contributed by atoms with Crippen molar-refractivity contribution in [1.29, 1.82) is 5.26 Å². The summed E-state index contributed by atoms with van der Waals surface area (Å²) >= 11 is 2.16. The first-order valence-corrected chi connectivity index (χ1v) is 7.46. The van der Waals surface area contributed by atoms with Crippen molar-refractivity contribution in [3.8, 4) is 11.8 Å². The van der Waals surface area contributed by atoms with Gasteiger partial charge in [0.25, 0.3) is 0 Å². The van der Waals surface area contributed by atoms with Crippen molar-refractivity contribution in [2.24, 2.45) is 0 Å². The second-order valence-electron chi connectivity index (χ2n) is 4.90. The number of hydrogen-bond acceptors (Lipinski definition) is 3. The van der Waals surface area contributed by atoms with E-state index in [0.29, 0.717) is 29.5 Å². The van der Waals surface area contributed by atoms with Gasteiger partial charge >= 0.3 is 0 Å². The molecule has 0 spiro atoms. The first-order chi connectivity index (χ1) is 9.69. The molecule has 1 atom stereocenters. The van der Waals surface area contributed by atoms with Gasteiger partial charge in [-0.1, -0.05) is 24.3 Å². The van der Waals surface area contributed by atoms with E-state index in [1.807, 2.05) is 0 Å². The molecule has 0 radical (unpaired) electrons. The number of nitrogen functional groups attached to an aromatic ring is 1. The van der Waals surface area contributed by atoms with Crippen LogP contribution in [0.2, 0.25) is 0 Å². The second kappa shape index (κ2) is 5.33. The van der Waals surface area contributed by atoms with Crippen LogP contribution in [0.5, 0.6) is 5.75 Å². The van der Waals surface area contributed by atoms with Gasteiger partial charge in [-0.05, 0) is 52.3 Å². The van der Waals surface area contributed by atoms with Crippen LogP contribution < -0.4 is 10.5 Å². The van der Waals surface area contributed by atoms with Crippen molar-refractivity contribution in [1.82, 2.24) is 0 Å². The lowest BCUT2D eigenvalue weighted by Crippen LogP contribution is -2.23. The molecule has 0 aromatic heterocycles. The summed E-state index contributed by atoms with van der Waals surface area (Å²) in [6.07, 6.45) is 1.06. The number of nitriles is 1. The number of rotatable bonds is 3. The van der Waals surface area contributed by atoms with Crippen LogP contribution in [-0.4, -0.2) is 6.61 Å². The SMILES string of the molecule is N#Cc1cc(N)c(OCC2Cc3ccccc32)c(I)c1. The van der Waals surface area contributed by atoms with Crippen LogP contribution in [0.3, 0.4) is 0 Å². The smallest absolute Gasteiger partial charge is 0.155 e. The molecule has 2 aromatic carbocycles. The van der Waals surface area contributed by atoms with Crippen LogP contribution in [0.4, 0.5) is 5.69 Å². The molecule has 0 saturated heterocycles. The van der Waals surface area contributed by atoms with E-state index in [1.165, 1.54) is 11.1 Å². The van der Waals surface area contributed by atoms with Gasteiger partial charge in [-0.15, -0.1) is 0 Å². The largest absolute Gasteiger partial charge is 0.490 e. The highest BCUT2D eigenvalue weighted by Crippen LogP contribution is 2.37. The van der Waals surface area contributed by atoms with Crippen LogP contribution in [0.25, 0.3) is 0 Å². The molecule has 0 heterocycles. The third kappa shape index (κ3) is 2.34. The van der Waals surface area contributed by atoms with Gasteiger partial charge in [-0.25, -0.2) is 0 Å². The zero-order valence-electron chi connectivity index (χ0n) is 10.8. The topological polar surface area (TPSA) is 59.0 Å². The van der Waals surface area contributed by atoms with Crippen molar-refractivity contribution in [3.05, 3.63) is 56.7 Å². The summed E-state index contributed by atoms with van der Waals surface area (Å²) < 4.78 is 6.77. The van der Waals surface area contributed by atoms with Crippen LogP contribution in [0, 0.1) is 14.9 Å². The van der Waals surface area contributed by atoms with Crippen molar-refractivity contribution >= 4 is 28.3 Å². The monoisotopic (exact) mass is 376 g/mol. The summed E-state index contributed by atoms with van der Waals surface area (Å²) in [4.78, 5) is 0. The Hall–Kier alpha value is -1.74. The van der Waals surface area contributed by atoms with Gasteiger partial charge in [0, 0.05) is 5.92 Å². The minimum absolute atomic E-state index is 0.442. The normalized spacial score (nSPS) is 15.9. The number of nitrogens with two attached hydrogens (primary N) is 1. The second-order valence-corrected chi connectivity index (χ2v) is 6.06. The Bertz CT molecular complexity index is 683. The summed E-state index contributed by atoms with van der Waals surface area (Å²) in [7, 11) is 0. The van der Waals surface area contributed by atoms with E-state index in [4.69, 9.17) is 15.7 Å². The average molecular weight is 376 g/mol. The van der Waals surface area contributed by atoms with Gasteiger partial charge in [0.1, 0.15) is 0 Å². The van der Waals surface area contributed by atoms with E-state index in [9.17, 15) is 0 Å². The summed E-state index contributed by atoms with van der Waals surface area (Å²) in [6.45, 7) is 0.628. The molecule has 3 rings (SSSR count). The molecule has 1 aliphatic rings. The molecule has 2 aromatic rings. The minimum atomic E-state index is 0.442. The molecule has 1 unspecified atom stereocenters. The number of anilines is 1. The van der Waals surface area contributed by atoms with Crippen LogP contribution in [-0.2, 0) is 6.42 Å². The lowest BCUT2D eigenvalue weighted by Gasteiger charge is -2.30. The Morgan fingerprint density at radius 2 is 2.15 bits per heavy atom. The quantitative estimate of drug-likeness (QED) is 0.659. The van der Waals surface area contributed by atoms with Crippen LogP contribution >= 0.6 is 22.6 Å². The highest BCUT2D eigenvalue weighted by molar-refractivity contribution is 14.1. The van der Waals surface area contributed by atoms with E-state index < -0.39 is 0 Å². The van der Waals surface area contributed by atoms with Gasteiger partial charge in [0.15, 0.2) is 5.75 Å². The fraction of sp³-hybridized carbons (Fsp3) is 0.188. The molecule has 0 bridgehead atoms. The Morgan fingerprint density at radius 3 is 2.85 bits per heavy atom. The number of fused-ring (bicyclic) bond motifs is 1. The lowest BCUT2D eigenvalue weighted by atomic mass is 9.78. The Kier molecular flexibility index (Phi) is 3.53. The lowest BCUT2D eigenvalue weighted by molar-refractivity contribution is 0.275. The fourth-order valence-corrected chi connectivity index (χ4v) is 3.33. The molecule has 2 N–H and O–H groups in total. The maximum absolute atomic E-state index is 8.90. The highest BCUT2D eigenvalue weighted by Gasteiger charge is 2.26. The minimum Gasteiger partial charge on any atom is -0.490 e. The van der Waals surface area contributed by atoms with Gasteiger partial charge in [0.05, 0.1) is 27.5 Å². The van der Waals surface area contributed by atoms with Gasteiger partial charge in [-0.3, -0.25) is 0 Å². The standard InChI is InChI=1S/C16H13IN2O/c17-14-5-10(8-18)6-15(19)16(14)20-9-12-7-11-3-1-2-4-13(11)12/h1-6,12H,7,9,19H2. The average Bonchev–Trinajstić information content (AvgIpc) is 2.42. The molecule has 0 aliphatic heterocycles. The van der Waals surface area contributed by atoms with Gasteiger partial charge in [-0.2, -0.15) is 5.26 Å². The van der Waals surface area contributed by atoms with E-state index in [-0.39, 0.29) is 0 Å². The number of benzene rings is 2. The molecule has 3 nitrogen and oxygen atoms in total. The van der Waals surface area contributed by atoms with Gasteiger partial charge in [0.2, 0.25) is 0 Å². The van der Waals surface area contributed by atoms with Crippen molar-refractivity contribution < 1.29 is 4.74 Å². The molecule has 1 aliphatic carbocycles. The predicted molar refractivity (Wildman–Crippen MR) is 86.7 cm³/mol. The molecule has 4 heteroatoms. The summed E-state index contributed by atoms with van der Waals surface area (Å²) in [5.74, 6) is 1.13. The van der Waals surface area contributed by atoms with Gasteiger partial charge < -0.3 is 10.5 Å². The first-order valence-electron chi connectivity index (χ1n) is 6.38. The summed E-state index contributed by atoms with van der Waals surface area (Å²) in [5, 5.41) is 8.90. The fourth-order valence-electron chi connectivity index (χ4n) is 2.53. The maximum Gasteiger partial charge on any atom is 0.155 e. The molecular weight excluding hydrogens is 363 g/mol. The van der Waals surface area contributed by atoms with Crippen LogP contribution in [0.15, 0.2) is 36.4 Å². The highest BCUT2D eigenvalue weighted by atomic mass is 127. The van der Waals surface area contributed by atoms with E-state index >= 15 is 0 Å². The van der Waals surface area contributed by atoms with E-state index in [0.717, 1.165) is 9.99 Å². The first kappa shape index (κ1) is 13.3. The van der Waals surface area contributed by atoms with Crippen molar-refractivity contribution in [2.75, 3.05) is 12.3 Å². The molecule has 20 heavy (non-hydrogen) atoms. The summed E-state index contributed by atoms with van der Waals surface area (Å²) in [5.41, 5.74) is 9.83. The third-order valence-electron chi connectivity index (χ3n) is 3.59. The predicted octanol–water partition coefficient (Wildman–Crippen LogP) is 3.46. The number of hydrogen-bond donors (Lipinski definition) is 1.